The first kappa shape index (κ1) is 25.6. The maximum Gasteiger partial charge on any atom is 0.333 e. The highest BCUT2D eigenvalue weighted by atomic mass is 35.5. The first-order valence-corrected chi connectivity index (χ1v) is 13.3. The fourth-order valence-electron chi connectivity index (χ4n) is 4.01. The first-order valence-electron chi connectivity index (χ1n) is 10.6. The van der Waals surface area contributed by atoms with Crippen molar-refractivity contribution in [3.8, 4) is 0 Å². The van der Waals surface area contributed by atoms with E-state index in [1.165, 1.54) is 29.9 Å². The van der Waals surface area contributed by atoms with E-state index in [1.807, 2.05) is 0 Å². The van der Waals surface area contributed by atoms with E-state index in [4.69, 9.17) is 16.7 Å². The second kappa shape index (κ2) is 10.6. The monoisotopic (exact) mass is 540 g/mol. The van der Waals surface area contributed by atoms with Crippen LogP contribution in [0.5, 0.6) is 0 Å². The molecule has 3 atom stereocenters. The first-order chi connectivity index (χ1) is 16.6. The van der Waals surface area contributed by atoms with Crippen LogP contribution in [0.1, 0.15) is 39.2 Å². The van der Waals surface area contributed by atoms with Gasteiger partial charge in [-0.3, -0.25) is 8.98 Å². The fraction of sp³-hybridized carbons (Fsp3) is 0.318. The van der Waals surface area contributed by atoms with Crippen molar-refractivity contribution in [3.63, 3.8) is 0 Å². The number of nitrogens with two attached hydrogens (primary N) is 1. The number of aliphatic hydroxyl groups excluding tert-OH is 1. The zero-order valence-corrected chi connectivity index (χ0v) is 20.6. The minimum Gasteiger partial charge on any atom is -0.393 e. The van der Waals surface area contributed by atoms with Gasteiger partial charge in [0.05, 0.1) is 28.2 Å². The number of carbonyl (C=O) groups excluding carboxylic acids is 1. The average molecular weight is 541 g/mol. The molecule has 1 aromatic carbocycles. The number of nitrogens with one attached hydrogen (secondary N) is 1. The standard InChI is InChI=1S/C22H22ClFN4O5S2/c23-17-3-1-2-13(20(17)24)4-12-5-19(34-10-12)21(30)16-8-26-11-27-22(16)28-15-6-14(18(29)7-15)9-33-35(25,31)32/h1-3,5,8,10-11,14-15,18,29H,4,6-7,9H2,(H2,25,31,32)(H,26,27,28)/t14?,15-,18+/m1/s1. The van der Waals surface area contributed by atoms with E-state index in [-0.39, 0.29) is 35.4 Å². The van der Waals surface area contributed by atoms with Gasteiger partial charge < -0.3 is 10.4 Å². The maximum atomic E-state index is 14.2. The fourth-order valence-corrected chi connectivity index (χ4v) is 5.44. The van der Waals surface area contributed by atoms with E-state index >= 15 is 0 Å². The molecule has 1 unspecified atom stereocenters. The van der Waals surface area contributed by atoms with Crippen LogP contribution in [0, 0.1) is 11.7 Å². The molecule has 2 heterocycles. The van der Waals surface area contributed by atoms with Crippen molar-refractivity contribution in [3.05, 3.63) is 74.6 Å². The lowest BCUT2D eigenvalue weighted by molar-refractivity contribution is 0.101. The summed E-state index contributed by atoms with van der Waals surface area (Å²) in [6.07, 6.45) is 2.89. The second-order valence-corrected chi connectivity index (χ2v) is 10.8. The Kier molecular flexibility index (Phi) is 7.79. The van der Waals surface area contributed by atoms with Gasteiger partial charge in [-0.2, -0.15) is 8.42 Å². The Balaban J connectivity index is 1.46. The summed E-state index contributed by atoms with van der Waals surface area (Å²) >= 11 is 7.09. The summed E-state index contributed by atoms with van der Waals surface area (Å²) in [5.41, 5.74) is 1.44. The average Bonchev–Trinajstić information content (AvgIpc) is 3.41. The molecular weight excluding hydrogens is 519 g/mol. The summed E-state index contributed by atoms with van der Waals surface area (Å²) in [5.74, 6) is -0.934. The number of hydrogen-bond donors (Lipinski definition) is 3. The Bertz CT molecular complexity index is 1340. The third kappa shape index (κ3) is 6.40. The van der Waals surface area contributed by atoms with E-state index in [0.717, 1.165) is 5.56 Å². The molecule has 186 valence electrons. The predicted molar refractivity (Wildman–Crippen MR) is 129 cm³/mol. The molecule has 0 saturated heterocycles. The van der Waals surface area contributed by atoms with E-state index in [2.05, 4.69) is 19.5 Å². The SMILES string of the molecule is NS(=O)(=O)OCC1C[C@@H](Nc2ncncc2C(=O)c2cc(Cc3cccc(Cl)c3F)cs2)C[C@@H]1O. The molecule has 0 amide bonds. The Hall–Kier alpha value is -2.48. The van der Waals surface area contributed by atoms with Crippen LogP contribution in [0.25, 0.3) is 0 Å². The third-order valence-electron chi connectivity index (χ3n) is 5.71. The van der Waals surface area contributed by atoms with Gasteiger partial charge in [0.2, 0.25) is 5.78 Å². The van der Waals surface area contributed by atoms with Crippen LogP contribution in [0.3, 0.4) is 0 Å². The van der Waals surface area contributed by atoms with Crippen LogP contribution in [-0.2, 0) is 20.9 Å². The van der Waals surface area contributed by atoms with E-state index < -0.39 is 28.1 Å². The number of benzene rings is 1. The molecule has 13 heteroatoms. The molecule has 0 bridgehead atoms. The van der Waals surface area contributed by atoms with Gasteiger partial charge in [0.1, 0.15) is 18.0 Å². The summed E-state index contributed by atoms with van der Waals surface area (Å²) in [6.45, 7) is -0.237. The molecule has 0 radical (unpaired) electrons. The Morgan fingerprint density at radius 1 is 1.37 bits per heavy atom. The van der Waals surface area contributed by atoms with E-state index in [9.17, 15) is 22.7 Å². The number of aromatic nitrogens is 2. The number of carbonyl (C=O) groups is 1. The molecule has 1 aliphatic rings. The van der Waals surface area contributed by atoms with Gasteiger partial charge in [0.25, 0.3) is 0 Å². The number of thiophene rings is 1. The highest BCUT2D eigenvalue weighted by Gasteiger charge is 2.34. The number of ketones is 1. The van der Waals surface area contributed by atoms with Crippen LogP contribution in [0.4, 0.5) is 10.2 Å². The van der Waals surface area contributed by atoms with Gasteiger partial charge in [-0.1, -0.05) is 23.7 Å². The van der Waals surface area contributed by atoms with Crippen LogP contribution in [0.2, 0.25) is 5.02 Å². The minimum absolute atomic E-state index is 0.0432. The molecular formula is C22H22ClFN4O5S2. The number of aliphatic hydroxyl groups is 1. The van der Waals surface area contributed by atoms with Crippen molar-refractivity contribution in [2.75, 3.05) is 11.9 Å². The van der Waals surface area contributed by atoms with Crippen molar-refractivity contribution in [1.82, 2.24) is 9.97 Å². The molecule has 1 fully saturated rings. The minimum atomic E-state index is -4.11. The summed E-state index contributed by atoms with van der Waals surface area (Å²) in [4.78, 5) is 21.8. The molecule has 35 heavy (non-hydrogen) atoms. The zero-order valence-electron chi connectivity index (χ0n) is 18.2. The Morgan fingerprint density at radius 2 is 2.17 bits per heavy atom. The van der Waals surface area contributed by atoms with E-state index in [1.54, 1.807) is 23.6 Å². The summed E-state index contributed by atoms with van der Waals surface area (Å²) in [6, 6.07) is 6.22. The molecule has 0 spiro atoms. The number of nitrogens with zero attached hydrogens (tertiary/aromatic N) is 2. The normalized spacial score (nSPS) is 20.2. The smallest absolute Gasteiger partial charge is 0.333 e. The molecule has 2 aromatic heterocycles. The quantitative estimate of drug-likeness (QED) is 0.351. The van der Waals surface area contributed by atoms with Gasteiger partial charge in [0.15, 0.2) is 0 Å². The topological polar surface area (TPSA) is 144 Å². The largest absolute Gasteiger partial charge is 0.393 e. The second-order valence-electron chi connectivity index (χ2n) is 8.24. The molecule has 4 rings (SSSR count). The van der Waals surface area contributed by atoms with Gasteiger partial charge in [-0.25, -0.2) is 19.5 Å². The molecule has 0 aliphatic heterocycles. The number of anilines is 1. The zero-order chi connectivity index (χ0) is 25.2. The number of hydrogen-bond acceptors (Lipinski definition) is 9. The third-order valence-corrected chi connectivity index (χ3v) is 7.44. The maximum absolute atomic E-state index is 14.2. The van der Waals surface area contributed by atoms with Crippen LogP contribution >= 0.6 is 22.9 Å². The molecule has 4 N–H and O–H groups in total. The number of rotatable bonds is 9. The van der Waals surface area contributed by atoms with Crippen molar-refractivity contribution in [2.24, 2.45) is 11.1 Å². The Labute approximate surface area is 210 Å². The highest BCUT2D eigenvalue weighted by molar-refractivity contribution is 7.84. The van der Waals surface area contributed by atoms with Crippen LogP contribution < -0.4 is 10.5 Å². The molecule has 9 nitrogen and oxygen atoms in total. The van der Waals surface area contributed by atoms with Gasteiger partial charge >= 0.3 is 10.3 Å². The summed E-state index contributed by atoms with van der Waals surface area (Å²) < 4.78 is 40.9. The molecule has 1 saturated carbocycles. The van der Waals surface area contributed by atoms with Gasteiger partial charge in [-0.05, 0) is 41.5 Å². The highest BCUT2D eigenvalue weighted by Crippen LogP contribution is 2.31. The summed E-state index contributed by atoms with van der Waals surface area (Å²) in [5, 5.41) is 20.1. The van der Waals surface area contributed by atoms with Crippen LogP contribution in [-0.4, -0.2) is 48.0 Å². The van der Waals surface area contributed by atoms with Gasteiger partial charge in [-0.15, -0.1) is 11.3 Å². The van der Waals surface area contributed by atoms with Crippen molar-refractivity contribution < 1.29 is 26.9 Å². The van der Waals surface area contributed by atoms with E-state index in [0.29, 0.717) is 29.1 Å². The molecule has 3 aromatic rings. The van der Waals surface area contributed by atoms with Crippen LogP contribution in [0.15, 0.2) is 42.2 Å². The van der Waals surface area contributed by atoms with Crippen molar-refractivity contribution in [1.29, 1.82) is 0 Å². The number of halogens is 2. The summed E-state index contributed by atoms with van der Waals surface area (Å²) in [7, 11) is -4.11. The van der Waals surface area contributed by atoms with Crippen molar-refractivity contribution in [2.45, 2.75) is 31.4 Å². The lowest BCUT2D eigenvalue weighted by Gasteiger charge is -2.15. The lowest BCUT2D eigenvalue weighted by atomic mass is 10.1. The Morgan fingerprint density at radius 3 is 2.94 bits per heavy atom. The predicted octanol–water partition coefficient (Wildman–Crippen LogP) is 2.92. The van der Waals surface area contributed by atoms with Gasteiger partial charge in [0, 0.05) is 24.6 Å². The lowest BCUT2D eigenvalue weighted by Crippen LogP contribution is -2.24. The molecule has 1 aliphatic carbocycles. The van der Waals surface area contributed by atoms with Crippen molar-refractivity contribution >= 4 is 44.8 Å².